The molecule has 0 bridgehead atoms. The van der Waals surface area contributed by atoms with Crippen molar-refractivity contribution in [3.05, 3.63) is 35.4 Å². The van der Waals surface area contributed by atoms with Crippen molar-refractivity contribution in [2.24, 2.45) is 0 Å². The second kappa shape index (κ2) is 4.88. The first-order valence-electron chi connectivity index (χ1n) is 6.12. The van der Waals surface area contributed by atoms with Crippen molar-refractivity contribution >= 4 is 5.97 Å². The smallest absolute Gasteiger partial charge is 0.320 e. The van der Waals surface area contributed by atoms with Gasteiger partial charge in [0.25, 0.3) is 0 Å². The second-order valence-electron chi connectivity index (χ2n) is 4.90. The molecule has 1 saturated carbocycles. The molecule has 1 unspecified atom stereocenters. The Morgan fingerprint density at radius 2 is 2.00 bits per heavy atom. The summed E-state index contributed by atoms with van der Waals surface area (Å²) in [5.41, 5.74) is 2.42. The molecule has 1 aromatic rings. The van der Waals surface area contributed by atoms with Gasteiger partial charge in [0, 0.05) is 12.6 Å². The van der Waals surface area contributed by atoms with Crippen LogP contribution in [0.5, 0.6) is 0 Å². The average Bonchev–Trinajstić information content (AvgIpc) is 3.11. The molecule has 2 rings (SSSR count). The van der Waals surface area contributed by atoms with Crippen LogP contribution in [0.15, 0.2) is 24.3 Å². The van der Waals surface area contributed by atoms with E-state index in [2.05, 4.69) is 36.1 Å². The van der Waals surface area contributed by atoms with Crippen LogP contribution in [0.25, 0.3) is 0 Å². The summed E-state index contributed by atoms with van der Waals surface area (Å²) in [6.45, 7) is 4.57. The molecule has 0 aromatic heterocycles. The van der Waals surface area contributed by atoms with Crippen molar-refractivity contribution in [2.75, 3.05) is 0 Å². The molecule has 1 fully saturated rings. The molecule has 1 atom stereocenters. The van der Waals surface area contributed by atoms with Gasteiger partial charge in [0.1, 0.15) is 6.04 Å². The zero-order valence-electron chi connectivity index (χ0n) is 10.4. The van der Waals surface area contributed by atoms with Gasteiger partial charge in [-0.25, -0.2) is 0 Å². The highest BCUT2D eigenvalue weighted by Gasteiger charge is 2.34. The summed E-state index contributed by atoms with van der Waals surface area (Å²) in [7, 11) is 0. The van der Waals surface area contributed by atoms with Gasteiger partial charge in [-0.2, -0.15) is 0 Å². The van der Waals surface area contributed by atoms with Crippen molar-refractivity contribution in [1.29, 1.82) is 0 Å². The minimum atomic E-state index is -0.732. The van der Waals surface area contributed by atoms with Crippen LogP contribution in [-0.4, -0.2) is 28.1 Å². The molecule has 3 heteroatoms. The van der Waals surface area contributed by atoms with Gasteiger partial charge in [-0.15, -0.1) is 0 Å². The van der Waals surface area contributed by atoms with E-state index in [1.807, 2.05) is 0 Å². The molecule has 0 heterocycles. The fourth-order valence-corrected chi connectivity index (χ4v) is 2.03. The van der Waals surface area contributed by atoms with Crippen molar-refractivity contribution in [2.45, 2.75) is 45.3 Å². The van der Waals surface area contributed by atoms with E-state index in [0.29, 0.717) is 6.04 Å². The topological polar surface area (TPSA) is 40.5 Å². The van der Waals surface area contributed by atoms with Crippen molar-refractivity contribution in [1.82, 2.24) is 4.90 Å². The Hall–Kier alpha value is -1.35. The number of carboxylic acids is 1. The summed E-state index contributed by atoms with van der Waals surface area (Å²) in [5, 5.41) is 9.11. The molecule has 0 spiro atoms. The summed E-state index contributed by atoms with van der Waals surface area (Å²) >= 11 is 0. The maximum Gasteiger partial charge on any atom is 0.320 e. The third-order valence-electron chi connectivity index (χ3n) is 3.36. The zero-order chi connectivity index (χ0) is 12.4. The van der Waals surface area contributed by atoms with E-state index < -0.39 is 12.0 Å². The van der Waals surface area contributed by atoms with Gasteiger partial charge in [0.2, 0.25) is 0 Å². The van der Waals surface area contributed by atoms with Crippen molar-refractivity contribution in [3.8, 4) is 0 Å². The van der Waals surface area contributed by atoms with E-state index >= 15 is 0 Å². The monoisotopic (exact) mass is 233 g/mol. The number of nitrogens with zero attached hydrogens (tertiary/aromatic N) is 1. The van der Waals surface area contributed by atoms with Crippen LogP contribution in [0, 0.1) is 6.92 Å². The van der Waals surface area contributed by atoms with E-state index in [4.69, 9.17) is 5.11 Å². The molecule has 92 valence electrons. The first-order chi connectivity index (χ1) is 8.08. The van der Waals surface area contributed by atoms with Crippen molar-refractivity contribution in [3.63, 3.8) is 0 Å². The molecule has 0 amide bonds. The minimum Gasteiger partial charge on any atom is -0.480 e. The third-order valence-corrected chi connectivity index (χ3v) is 3.36. The number of hydrogen-bond donors (Lipinski definition) is 1. The van der Waals surface area contributed by atoms with Gasteiger partial charge in [0.15, 0.2) is 0 Å². The fourth-order valence-electron chi connectivity index (χ4n) is 2.03. The highest BCUT2D eigenvalue weighted by atomic mass is 16.4. The first-order valence-corrected chi connectivity index (χ1v) is 6.12. The highest BCUT2D eigenvalue weighted by molar-refractivity contribution is 5.73. The lowest BCUT2D eigenvalue weighted by Gasteiger charge is -2.26. The number of aliphatic carboxylic acids is 1. The van der Waals surface area contributed by atoms with E-state index in [1.54, 1.807) is 6.92 Å². The molecule has 0 radical (unpaired) electrons. The maximum atomic E-state index is 11.1. The van der Waals surface area contributed by atoms with Crippen molar-refractivity contribution < 1.29 is 9.90 Å². The van der Waals surface area contributed by atoms with Gasteiger partial charge < -0.3 is 5.11 Å². The normalized spacial score (nSPS) is 17.1. The van der Waals surface area contributed by atoms with Gasteiger partial charge in [-0.1, -0.05) is 29.8 Å². The molecule has 3 nitrogen and oxygen atoms in total. The molecule has 1 aliphatic carbocycles. The molecule has 1 N–H and O–H groups in total. The van der Waals surface area contributed by atoms with E-state index in [-0.39, 0.29) is 0 Å². The number of carbonyl (C=O) groups is 1. The van der Waals surface area contributed by atoms with E-state index in [9.17, 15) is 4.79 Å². The van der Waals surface area contributed by atoms with Crippen LogP contribution in [0.1, 0.15) is 30.9 Å². The van der Waals surface area contributed by atoms with Gasteiger partial charge in [0.05, 0.1) is 0 Å². The molecular formula is C14H19NO2. The molecule has 1 aliphatic rings. The average molecular weight is 233 g/mol. The molecule has 17 heavy (non-hydrogen) atoms. The summed E-state index contributed by atoms with van der Waals surface area (Å²) in [6.07, 6.45) is 2.26. The standard InChI is InChI=1S/C14H19NO2/c1-10-3-5-12(6-4-10)9-15(13-7-8-13)11(2)14(16)17/h3-6,11,13H,7-9H2,1-2H3,(H,16,17). The number of hydrogen-bond acceptors (Lipinski definition) is 2. The molecule has 0 saturated heterocycles. The van der Waals surface area contributed by atoms with E-state index in [0.717, 1.165) is 19.4 Å². The van der Waals surface area contributed by atoms with Gasteiger partial charge in [-0.3, -0.25) is 9.69 Å². The van der Waals surface area contributed by atoms with Gasteiger partial charge in [-0.05, 0) is 32.3 Å². The largest absolute Gasteiger partial charge is 0.480 e. The van der Waals surface area contributed by atoms with Crippen LogP contribution in [0.3, 0.4) is 0 Å². The van der Waals surface area contributed by atoms with Crippen LogP contribution >= 0.6 is 0 Å². The molecular weight excluding hydrogens is 214 g/mol. The molecule has 1 aromatic carbocycles. The summed E-state index contributed by atoms with van der Waals surface area (Å²) in [6, 6.07) is 8.38. The lowest BCUT2D eigenvalue weighted by molar-refractivity contribution is -0.143. The number of benzene rings is 1. The van der Waals surface area contributed by atoms with Crippen LogP contribution in [0.4, 0.5) is 0 Å². The Kier molecular flexibility index (Phi) is 3.48. The lowest BCUT2D eigenvalue weighted by Crippen LogP contribution is -2.39. The SMILES string of the molecule is Cc1ccc(CN(C2CC2)C(C)C(=O)O)cc1. The molecule has 0 aliphatic heterocycles. The Labute approximate surface area is 102 Å². The summed E-state index contributed by atoms with van der Waals surface area (Å²) in [5.74, 6) is -0.732. The third kappa shape index (κ3) is 3.07. The maximum absolute atomic E-state index is 11.1. The Balaban J connectivity index is 2.07. The number of rotatable bonds is 5. The summed E-state index contributed by atoms with van der Waals surface area (Å²) < 4.78 is 0. The van der Waals surface area contributed by atoms with Crippen LogP contribution in [-0.2, 0) is 11.3 Å². The van der Waals surface area contributed by atoms with Crippen LogP contribution < -0.4 is 0 Å². The lowest BCUT2D eigenvalue weighted by atomic mass is 10.1. The minimum absolute atomic E-state index is 0.399. The summed E-state index contributed by atoms with van der Waals surface area (Å²) in [4.78, 5) is 13.2. The quantitative estimate of drug-likeness (QED) is 0.849. The number of carboxylic acid groups (broad SMARTS) is 1. The Bertz CT molecular complexity index is 395. The predicted molar refractivity (Wildman–Crippen MR) is 66.8 cm³/mol. The van der Waals surface area contributed by atoms with E-state index in [1.165, 1.54) is 11.1 Å². The zero-order valence-corrected chi connectivity index (χ0v) is 10.4. The predicted octanol–water partition coefficient (Wildman–Crippen LogP) is 2.43. The van der Waals surface area contributed by atoms with Gasteiger partial charge >= 0.3 is 5.97 Å². The Morgan fingerprint density at radius 1 is 1.41 bits per heavy atom. The Morgan fingerprint density at radius 3 is 2.47 bits per heavy atom. The first kappa shape index (κ1) is 12.1. The highest BCUT2D eigenvalue weighted by Crippen LogP contribution is 2.30. The number of aryl methyl sites for hydroxylation is 1. The van der Waals surface area contributed by atoms with Crippen LogP contribution in [0.2, 0.25) is 0 Å². The fraction of sp³-hybridized carbons (Fsp3) is 0.500. The second-order valence-corrected chi connectivity index (χ2v) is 4.90.